The molecule has 0 atom stereocenters. The summed E-state index contributed by atoms with van der Waals surface area (Å²) in [5, 5.41) is 2.72. The maximum atomic E-state index is 13.3. The van der Waals surface area contributed by atoms with Gasteiger partial charge in [0.1, 0.15) is 18.9 Å². The number of para-hydroxylation sites is 1. The number of aryl methyl sites for hydroxylation is 1. The minimum absolute atomic E-state index is 0.123. The average molecular weight is 503 g/mol. The highest BCUT2D eigenvalue weighted by Crippen LogP contribution is 2.26. The van der Waals surface area contributed by atoms with Crippen molar-refractivity contribution >= 4 is 37.5 Å². The third-order valence-corrected chi connectivity index (χ3v) is 6.71. The number of ether oxygens (including phenoxy) is 1. The Bertz CT molecular complexity index is 1120. The molecule has 3 rings (SSSR count). The number of nitrogens with zero attached hydrogens (tertiary/aromatic N) is 1. The molecule has 0 aliphatic rings. The monoisotopic (exact) mass is 502 g/mol. The van der Waals surface area contributed by atoms with E-state index < -0.39 is 15.9 Å². The van der Waals surface area contributed by atoms with Gasteiger partial charge in [-0.1, -0.05) is 57.9 Å². The number of carbonyl (C=O) groups excluding carboxylic acids is 1. The van der Waals surface area contributed by atoms with E-state index >= 15 is 0 Å². The van der Waals surface area contributed by atoms with Gasteiger partial charge in [-0.05, 0) is 49.4 Å². The van der Waals surface area contributed by atoms with Crippen LogP contribution in [0.5, 0.6) is 5.75 Å². The van der Waals surface area contributed by atoms with Crippen molar-refractivity contribution in [3.05, 3.63) is 88.9 Å². The number of hydrogen-bond donors (Lipinski definition) is 1. The molecule has 0 radical (unpaired) electrons. The zero-order valence-corrected chi connectivity index (χ0v) is 19.4. The quantitative estimate of drug-likeness (QED) is 0.446. The molecule has 0 spiro atoms. The number of sulfonamides is 1. The summed E-state index contributed by atoms with van der Waals surface area (Å²) < 4.78 is 34.0. The first-order valence-corrected chi connectivity index (χ1v) is 11.9. The molecule has 3 aromatic rings. The van der Waals surface area contributed by atoms with Gasteiger partial charge in [0, 0.05) is 4.47 Å². The maximum absolute atomic E-state index is 13.3. The maximum Gasteiger partial charge on any atom is 0.264 e. The SMILES string of the molecule is Cc1ccc(S(=O)(=O)N(CC(=O)NCCOc2ccccc2)c2cccc(Br)c2)cc1. The fraction of sp³-hybridized carbons (Fsp3) is 0.174. The lowest BCUT2D eigenvalue weighted by Crippen LogP contribution is -2.41. The molecule has 0 fully saturated rings. The molecule has 6 nitrogen and oxygen atoms in total. The molecule has 3 aromatic carbocycles. The van der Waals surface area contributed by atoms with Crippen LogP contribution in [0.25, 0.3) is 0 Å². The lowest BCUT2D eigenvalue weighted by atomic mass is 10.2. The number of hydrogen-bond acceptors (Lipinski definition) is 4. The van der Waals surface area contributed by atoms with Crippen LogP contribution in [0.3, 0.4) is 0 Å². The van der Waals surface area contributed by atoms with E-state index in [1.165, 1.54) is 0 Å². The molecule has 31 heavy (non-hydrogen) atoms. The Labute approximate surface area is 191 Å². The number of rotatable bonds is 9. The van der Waals surface area contributed by atoms with Crippen molar-refractivity contribution in [1.29, 1.82) is 0 Å². The summed E-state index contributed by atoms with van der Waals surface area (Å²) in [6.07, 6.45) is 0. The van der Waals surface area contributed by atoms with Crippen LogP contribution < -0.4 is 14.4 Å². The van der Waals surface area contributed by atoms with Gasteiger partial charge in [0.25, 0.3) is 10.0 Å². The average Bonchev–Trinajstić information content (AvgIpc) is 2.76. The predicted octanol–water partition coefficient (Wildman–Crippen LogP) is 4.15. The molecule has 0 heterocycles. The van der Waals surface area contributed by atoms with Crippen molar-refractivity contribution < 1.29 is 17.9 Å². The van der Waals surface area contributed by atoms with Crippen molar-refractivity contribution in [2.24, 2.45) is 0 Å². The molecule has 8 heteroatoms. The van der Waals surface area contributed by atoms with Crippen LogP contribution in [0.15, 0.2) is 88.2 Å². The van der Waals surface area contributed by atoms with Crippen LogP contribution in [0.4, 0.5) is 5.69 Å². The Morgan fingerprint density at radius 3 is 2.39 bits per heavy atom. The van der Waals surface area contributed by atoms with E-state index in [0.717, 1.165) is 9.87 Å². The van der Waals surface area contributed by atoms with Gasteiger partial charge in [-0.25, -0.2) is 8.42 Å². The van der Waals surface area contributed by atoms with E-state index in [2.05, 4.69) is 21.2 Å². The largest absolute Gasteiger partial charge is 0.492 e. The van der Waals surface area contributed by atoms with Gasteiger partial charge in [-0.2, -0.15) is 0 Å². The Morgan fingerprint density at radius 2 is 1.71 bits per heavy atom. The molecule has 0 aromatic heterocycles. The van der Waals surface area contributed by atoms with Gasteiger partial charge in [0.15, 0.2) is 0 Å². The Kier molecular flexibility index (Phi) is 7.70. The second kappa shape index (κ2) is 10.5. The fourth-order valence-corrected chi connectivity index (χ4v) is 4.65. The molecule has 0 saturated carbocycles. The Hall–Kier alpha value is -2.84. The van der Waals surface area contributed by atoms with Crippen molar-refractivity contribution in [2.45, 2.75) is 11.8 Å². The fourth-order valence-electron chi connectivity index (χ4n) is 2.85. The van der Waals surface area contributed by atoms with Crippen molar-refractivity contribution in [3.63, 3.8) is 0 Å². The lowest BCUT2D eigenvalue weighted by Gasteiger charge is -2.24. The third kappa shape index (κ3) is 6.32. The number of benzene rings is 3. The standard InChI is InChI=1S/C23H23BrN2O4S/c1-18-10-12-22(13-11-18)31(28,29)26(20-7-5-6-19(24)16-20)17-23(27)25-14-15-30-21-8-3-2-4-9-21/h2-13,16H,14-15,17H2,1H3,(H,25,27). The summed E-state index contributed by atoms with van der Waals surface area (Å²) in [5.41, 5.74) is 1.34. The van der Waals surface area contributed by atoms with Crippen molar-refractivity contribution in [2.75, 3.05) is 24.0 Å². The molecule has 1 amide bonds. The summed E-state index contributed by atoms with van der Waals surface area (Å²) in [6.45, 7) is 2.06. The molecule has 0 aliphatic heterocycles. The van der Waals surface area contributed by atoms with E-state index in [-0.39, 0.29) is 24.6 Å². The first kappa shape index (κ1) is 22.8. The van der Waals surface area contributed by atoms with Gasteiger partial charge >= 0.3 is 0 Å². The summed E-state index contributed by atoms with van der Waals surface area (Å²) >= 11 is 3.36. The lowest BCUT2D eigenvalue weighted by molar-refractivity contribution is -0.119. The summed E-state index contributed by atoms with van der Waals surface area (Å²) in [6, 6.07) is 22.6. The van der Waals surface area contributed by atoms with Crippen molar-refractivity contribution in [3.8, 4) is 5.75 Å². The molecule has 0 saturated heterocycles. The minimum atomic E-state index is -3.94. The molecular formula is C23H23BrN2O4S. The highest BCUT2D eigenvalue weighted by molar-refractivity contribution is 9.10. The van der Waals surface area contributed by atoms with Gasteiger partial charge in [-0.15, -0.1) is 0 Å². The van der Waals surface area contributed by atoms with Crippen molar-refractivity contribution in [1.82, 2.24) is 5.32 Å². The van der Waals surface area contributed by atoms with Crippen LogP contribution in [-0.2, 0) is 14.8 Å². The van der Waals surface area contributed by atoms with Gasteiger partial charge in [0.2, 0.25) is 5.91 Å². The Balaban J connectivity index is 1.72. The van der Waals surface area contributed by atoms with Crippen LogP contribution in [0.2, 0.25) is 0 Å². The molecule has 1 N–H and O–H groups in total. The topological polar surface area (TPSA) is 75.7 Å². The van der Waals surface area contributed by atoms with E-state index in [0.29, 0.717) is 15.9 Å². The normalized spacial score (nSPS) is 11.0. The van der Waals surface area contributed by atoms with E-state index in [9.17, 15) is 13.2 Å². The number of carbonyl (C=O) groups is 1. The number of anilines is 1. The van der Waals surface area contributed by atoms with Crippen LogP contribution in [0, 0.1) is 6.92 Å². The second-order valence-electron chi connectivity index (χ2n) is 6.82. The summed E-state index contributed by atoms with van der Waals surface area (Å²) in [5.74, 6) is 0.279. The van der Waals surface area contributed by atoms with Gasteiger partial charge in [-0.3, -0.25) is 9.10 Å². The van der Waals surface area contributed by atoms with Crippen LogP contribution in [0.1, 0.15) is 5.56 Å². The molecule has 0 unspecified atom stereocenters. The predicted molar refractivity (Wildman–Crippen MR) is 125 cm³/mol. The van der Waals surface area contributed by atoms with E-state index in [1.54, 1.807) is 48.5 Å². The first-order valence-electron chi connectivity index (χ1n) is 9.66. The molecular weight excluding hydrogens is 480 g/mol. The van der Waals surface area contributed by atoms with Crippen LogP contribution in [-0.4, -0.2) is 34.0 Å². The van der Waals surface area contributed by atoms with E-state index in [4.69, 9.17) is 4.74 Å². The van der Waals surface area contributed by atoms with Gasteiger partial charge < -0.3 is 10.1 Å². The highest BCUT2D eigenvalue weighted by atomic mass is 79.9. The van der Waals surface area contributed by atoms with Crippen LogP contribution >= 0.6 is 15.9 Å². The number of nitrogens with one attached hydrogen (secondary N) is 1. The summed E-state index contributed by atoms with van der Waals surface area (Å²) in [4.78, 5) is 12.7. The second-order valence-corrected chi connectivity index (χ2v) is 9.59. The number of amides is 1. The molecule has 0 bridgehead atoms. The number of halogens is 1. The summed E-state index contributed by atoms with van der Waals surface area (Å²) in [7, 11) is -3.94. The Morgan fingerprint density at radius 1 is 1.00 bits per heavy atom. The third-order valence-electron chi connectivity index (χ3n) is 4.43. The van der Waals surface area contributed by atoms with Gasteiger partial charge in [0.05, 0.1) is 17.1 Å². The molecule has 162 valence electrons. The zero-order chi connectivity index (χ0) is 22.3. The van der Waals surface area contributed by atoms with E-state index in [1.807, 2.05) is 37.3 Å². The zero-order valence-electron chi connectivity index (χ0n) is 17.0. The molecule has 0 aliphatic carbocycles. The highest BCUT2D eigenvalue weighted by Gasteiger charge is 2.27. The smallest absolute Gasteiger partial charge is 0.264 e. The first-order chi connectivity index (χ1) is 14.9. The minimum Gasteiger partial charge on any atom is -0.492 e.